The zero-order valence-corrected chi connectivity index (χ0v) is 11.0. The maximum absolute atomic E-state index is 12.2. The molecule has 1 aliphatic heterocycles. The summed E-state index contributed by atoms with van der Waals surface area (Å²) in [6.45, 7) is 1.70. The first-order chi connectivity index (χ1) is 9.11. The standard InChI is InChI=1S/C13H12ClNO4/c1-2-10(13(18)19-7-14)15-11(16)8-5-3-4-6-9(8)12(15)17/h3-6,10H,2,7H2,1H3/t10-/m0/s1. The fourth-order valence-corrected chi connectivity index (χ4v) is 2.20. The lowest BCUT2D eigenvalue weighted by Crippen LogP contribution is -2.45. The molecule has 0 bridgehead atoms. The highest BCUT2D eigenvalue weighted by molar-refractivity contribution is 6.22. The van der Waals surface area contributed by atoms with E-state index in [4.69, 9.17) is 11.6 Å². The third kappa shape index (κ3) is 2.21. The fourth-order valence-electron chi connectivity index (χ4n) is 2.10. The van der Waals surface area contributed by atoms with Gasteiger partial charge in [0.2, 0.25) is 0 Å². The van der Waals surface area contributed by atoms with Crippen molar-refractivity contribution in [1.82, 2.24) is 4.90 Å². The Morgan fingerprint density at radius 3 is 2.21 bits per heavy atom. The van der Waals surface area contributed by atoms with Crippen molar-refractivity contribution in [2.45, 2.75) is 19.4 Å². The predicted octanol–water partition coefficient (Wildman–Crippen LogP) is 1.80. The van der Waals surface area contributed by atoms with E-state index in [0.29, 0.717) is 11.1 Å². The molecule has 1 atom stereocenters. The van der Waals surface area contributed by atoms with Gasteiger partial charge in [-0.25, -0.2) is 4.79 Å². The zero-order chi connectivity index (χ0) is 14.0. The molecule has 2 amide bonds. The number of carbonyl (C=O) groups excluding carboxylic acids is 3. The van der Waals surface area contributed by atoms with Crippen LogP contribution in [0.3, 0.4) is 0 Å². The maximum atomic E-state index is 12.2. The number of carbonyl (C=O) groups is 3. The molecular weight excluding hydrogens is 270 g/mol. The molecule has 0 saturated heterocycles. The number of benzene rings is 1. The SMILES string of the molecule is CC[C@@H](C(=O)OCCl)N1C(=O)c2ccccc2C1=O. The molecule has 2 rings (SSSR count). The van der Waals surface area contributed by atoms with Crippen molar-refractivity contribution in [2.24, 2.45) is 0 Å². The molecular formula is C13H12ClNO4. The van der Waals surface area contributed by atoms with Gasteiger partial charge in [-0.3, -0.25) is 14.5 Å². The van der Waals surface area contributed by atoms with Gasteiger partial charge in [0.15, 0.2) is 6.07 Å². The Hall–Kier alpha value is -1.88. The highest BCUT2D eigenvalue weighted by Crippen LogP contribution is 2.25. The van der Waals surface area contributed by atoms with E-state index < -0.39 is 23.8 Å². The lowest BCUT2D eigenvalue weighted by molar-refractivity contribution is -0.146. The summed E-state index contributed by atoms with van der Waals surface area (Å²) < 4.78 is 4.68. The summed E-state index contributed by atoms with van der Waals surface area (Å²) in [7, 11) is 0. The number of hydrogen-bond donors (Lipinski definition) is 0. The second-order valence-electron chi connectivity index (χ2n) is 4.02. The molecule has 0 aliphatic carbocycles. The van der Waals surface area contributed by atoms with Gasteiger partial charge in [-0.2, -0.15) is 0 Å². The summed E-state index contributed by atoms with van der Waals surface area (Å²) >= 11 is 5.33. The van der Waals surface area contributed by atoms with Gasteiger partial charge >= 0.3 is 5.97 Å². The number of halogens is 1. The number of esters is 1. The number of hydrogen-bond acceptors (Lipinski definition) is 4. The van der Waals surface area contributed by atoms with Crippen LogP contribution in [0.15, 0.2) is 24.3 Å². The average molecular weight is 282 g/mol. The van der Waals surface area contributed by atoms with E-state index in [0.717, 1.165) is 4.90 Å². The van der Waals surface area contributed by atoms with Crippen LogP contribution in [0, 0.1) is 0 Å². The first-order valence-electron chi connectivity index (χ1n) is 5.81. The molecule has 100 valence electrons. The summed E-state index contributed by atoms with van der Waals surface area (Å²) in [5.74, 6) is -1.62. The Morgan fingerprint density at radius 2 is 1.79 bits per heavy atom. The first kappa shape index (κ1) is 13.5. The summed E-state index contributed by atoms with van der Waals surface area (Å²) in [6, 6.07) is 5.23. The van der Waals surface area contributed by atoms with Gasteiger partial charge in [0.25, 0.3) is 11.8 Å². The van der Waals surface area contributed by atoms with Crippen molar-refractivity contribution in [3.8, 4) is 0 Å². The minimum absolute atomic E-state index is 0.279. The molecule has 1 aromatic rings. The van der Waals surface area contributed by atoms with Crippen LogP contribution in [0.25, 0.3) is 0 Å². The van der Waals surface area contributed by atoms with Crippen molar-refractivity contribution in [1.29, 1.82) is 0 Å². The highest BCUT2D eigenvalue weighted by atomic mass is 35.5. The molecule has 1 aromatic carbocycles. The van der Waals surface area contributed by atoms with E-state index in [1.165, 1.54) is 0 Å². The number of fused-ring (bicyclic) bond motifs is 1. The number of ether oxygens (including phenoxy) is 1. The molecule has 0 aromatic heterocycles. The number of rotatable bonds is 4. The third-order valence-corrected chi connectivity index (χ3v) is 3.10. The molecule has 0 N–H and O–H groups in total. The van der Waals surface area contributed by atoms with Crippen LogP contribution in [0.2, 0.25) is 0 Å². The van der Waals surface area contributed by atoms with E-state index in [1.807, 2.05) is 0 Å². The van der Waals surface area contributed by atoms with E-state index in [9.17, 15) is 14.4 Å². The van der Waals surface area contributed by atoms with E-state index in [-0.39, 0.29) is 12.5 Å². The Morgan fingerprint density at radius 1 is 1.26 bits per heavy atom. The van der Waals surface area contributed by atoms with Gasteiger partial charge in [-0.1, -0.05) is 30.7 Å². The predicted molar refractivity (Wildman–Crippen MR) is 67.8 cm³/mol. The Kier molecular flexibility index (Phi) is 3.85. The van der Waals surface area contributed by atoms with Crippen molar-refractivity contribution in [3.63, 3.8) is 0 Å². The number of amides is 2. The maximum Gasteiger partial charge on any atom is 0.330 e. The third-order valence-electron chi connectivity index (χ3n) is 2.99. The minimum Gasteiger partial charge on any atom is -0.448 e. The van der Waals surface area contributed by atoms with Gasteiger partial charge in [-0.15, -0.1) is 0 Å². The highest BCUT2D eigenvalue weighted by Gasteiger charge is 2.42. The summed E-state index contributed by atoms with van der Waals surface area (Å²) in [6.07, 6.45) is 0.279. The molecule has 0 fully saturated rings. The van der Waals surface area contributed by atoms with Crippen LogP contribution < -0.4 is 0 Å². The topological polar surface area (TPSA) is 63.7 Å². The van der Waals surface area contributed by atoms with Gasteiger partial charge in [0.05, 0.1) is 11.1 Å². The lowest BCUT2D eigenvalue weighted by Gasteiger charge is -2.22. The van der Waals surface area contributed by atoms with E-state index in [2.05, 4.69) is 4.74 Å². The van der Waals surface area contributed by atoms with E-state index >= 15 is 0 Å². The van der Waals surface area contributed by atoms with Crippen LogP contribution in [-0.2, 0) is 9.53 Å². The summed E-state index contributed by atoms with van der Waals surface area (Å²) in [5.41, 5.74) is 0.620. The molecule has 0 unspecified atom stereocenters. The van der Waals surface area contributed by atoms with Gasteiger partial charge in [0, 0.05) is 0 Å². The monoisotopic (exact) mass is 281 g/mol. The van der Waals surface area contributed by atoms with Gasteiger partial charge < -0.3 is 4.74 Å². The number of nitrogens with zero attached hydrogens (tertiary/aromatic N) is 1. The second-order valence-corrected chi connectivity index (χ2v) is 4.24. The molecule has 6 heteroatoms. The van der Waals surface area contributed by atoms with Crippen molar-refractivity contribution in [2.75, 3.05) is 6.07 Å². The zero-order valence-electron chi connectivity index (χ0n) is 10.3. The van der Waals surface area contributed by atoms with Crippen molar-refractivity contribution < 1.29 is 19.1 Å². The molecule has 1 heterocycles. The Labute approximate surface area is 115 Å². The first-order valence-corrected chi connectivity index (χ1v) is 6.34. The molecule has 0 saturated carbocycles. The van der Waals surface area contributed by atoms with Gasteiger partial charge in [-0.05, 0) is 18.6 Å². The van der Waals surface area contributed by atoms with E-state index in [1.54, 1.807) is 31.2 Å². The lowest BCUT2D eigenvalue weighted by atomic mass is 10.1. The number of alkyl halides is 1. The normalized spacial score (nSPS) is 15.4. The molecule has 0 spiro atoms. The second kappa shape index (κ2) is 5.40. The summed E-state index contributed by atoms with van der Waals surface area (Å²) in [5, 5.41) is 0. The van der Waals surface area contributed by atoms with Crippen LogP contribution >= 0.6 is 11.6 Å². The molecule has 1 aliphatic rings. The Balaban J connectivity index is 2.35. The molecule has 19 heavy (non-hydrogen) atoms. The quantitative estimate of drug-likeness (QED) is 0.480. The van der Waals surface area contributed by atoms with Crippen LogP contribution in [0.1, 0.15) is 34.1 Å². The smallest absolute Gasteiger partial charge is 0.330 e. The average Bonchev–Trinajstić information content (AvgIpc) is 2.66. The largest absolute Gasteiger partial charge is 0.448 e. The van der Waals surface area contributed by atoms with Crippen LogP contribution in [-0.4, -0.2) is 34.8 Å². The Bertz CT molecular complexity index is 508. The number of imide groups is 1. The molecule has 0 radical (unpaired) electrons. The molecule has 5 nitrogen and oxygen atoms in total. The van der Waals surface area contributed by atoms with Crippen LogP contribution in [0.5, 0.6) is 0 Å². The van der Waals surface area contributed by atoms with Crippen LogP contribution in [0.4, 0.5) is 0 Å². The summed E-state index contributed by atoms with van der Waals surface area (Å²) in [4.78, 5) is 37.1. The van der Waals surface area contributed by atoms with Crippen molar-refractivity contribution >= 4 is 29.4 Å². The van der Waals surface area contributed by atoms with Crippen molar-refractivity contribution in [3.05, 3.63) is 35.4 Å². The fraction of sp³-hybridized carbons (Fsp3) is 0.308. The van der Waals surface area contributed by atoms with Gasteiger partial charge in [0.1, 0.15) is 6.04 Å². The minimum atomic E-state index is -0.939.